The molecule has 0 spiro atoms. The van der Waals surface area contributed by atoms with Gasteiger partial charge in [0.05, 0.1) is 12.5 Å². The van der Waals surface area contributed by atoms with E-state index in [0.29, 0.717) is 11.4 Å². The molecule has 0 aliphatic carbocycles. The molecule has 1 amide bonds. The van der Waals surface area contributed by atoms with Crippen molar-refractivity contribution in [3.8, 4) is 0 Å². The van der Waals surface area contributed by atoms with Crippen LogP contribution in [0.25, 0.3) is 0 Å². The van der Waals surface area contributed by atoms with Crippen molar-refractivity contribution < 1.29 is 14.7 Å². The van der Waals surface area contributed by atoms with E-state index >= 15 is 0 Å². The molecule has 0 bridgehead atoms. The van der Waals surface area contributed by atoms with Crippen LogP contribution in [0.2, 0.25) is 0 Å². The highest BCUT2D eigenvalue weighted by molar-refractivity contribution is 6.07. The summed E-state index contributed by atoms with van der Waals surface area (Å²) in [5.74, 6) is -1.46. The first kappa shape index (κ1) is 12.8. The molecule has 6 nitrogen and oxygen atoms in total. The molecule has 6 heteroatoms. The van der Waals surface area contributed by atoms with E-state index < -0.39 is 18.4 Å². The first-order valence-electron chi connectivity index (χ1n) is 5.64. The Balaban J connectivity index is 2.36. The zero-order valence-electron chi connectivity index (χ0n) is 10.4. The lowest BCUT2D eigenvalue weighted by Gasteiger charge is -2.20. The van der Waals surface area contributed by atoms with Crippen LogP contribution in [0, 0.1) is 0 Å². The van der Waals surface area contributed by atoms with Crippen LogP contribution in [-0.2, 0) is 11.8 Å². The van der Waals surface area contributed by atoms with E-state index in [2.05, 4.69) is 4.98 Å². The van der Waals surface area contributed by atoms with Gasteiger partial charge in [0.1, 0.15) is 12.2 Å². The van der Waals surface area contributed by atoms with E-state index in [4.69, 9.17) is 5.11 Å². The number of aryl methyl sites for hydroxylation is 1. The summed E-state index contributed by atoms with van der Waals surface area (Å²) < 4.78 is 1.56. The minimum atomic E-state index is -1.07. The van der Waals surface area contributed by atoms with E-state index in [0.717, 1.165) is 0 Å². The maximum atomic E-state index is 12.4. The fraction of sp³-hybridized carbons (Fsp3) is 0.154. The molecule has 0 aliphatic rings. The summed E-state index contributed by atoms with van der Waals surface area (Å²) >= 11 is 0. The standard InChI is InChI=1S/C13H13N3O3/c1-15-9-14-7-11(15)13(19)16(8-12(17)18)10-5-3-2-4-6-10/h2-7,9H,8H2,1H3,(H,17,18). The molecule has 1 N–H and O–H groups in total. The Morgan fingerprint density at radius 3 is 2.53 bits per heavy atom. The molecule has 1 heterocycles. The first-order chi connectivity index (χ1) is 9.09. The van der Waals surface area contributed by atoms with Gasteiger partial charge in [-0.1, -0.05) is 18.2 Å². The summed E-state index contributed by atoms with van der Waals surface area (Å²) in [6.45, 7) is -0.395. The molecule has 0 atom stereocenters. The van der Waals surface area contributed by atoms with Crippen LogP contribution < -0.4 is 4.90 Å². The molecule has 1 aromatic carbocycles. The summed E-state index contributed by atoms with van der Waals surface area (Å²) in [5.41, 5.74) is 0.876. The number of carbonyl (C=O) groups excluding carboxylic acids is 1. The van der Waals surface area contributed by atoms with Gasteiger partial charge in [-0.15, -0.1) is 0 Å². The van der Waals surface area contributed by atoms with Crippen molar-refractivity contribution in [2.75, 3.05) is 11.4 Å². The van der Waals surface area contributed by atoms with Gasteiger partial charge < -0.3 is 9.67 Å². The van der Waals surface area contributed by atoms with Crippen LogP contribution in [0.15, 0.2) is 42.9 Å². The Labute approximate surface area is 109 Å². The number of anilines is 1. The van der Waals surface area contributed by atoms with Gasteiger partial charge in [0.15, 0.2) is 0 Å². The number of aromatic nitrogens is 2. The fourth-order valence-corrected chi connectivity index (χ4v) is 1.73. The Bertz CT molecular complexity index is 592. The molecule has 0 saturated heterocycles. The van der Waals surface area contributed by atoms with Gasteiger partial charge in [-0.05, 0) is 12.1 Å². The van der Waals surface area contributed by atoms with Gasteiger partial charge in [-0.3, -0.25) is 14.5 Å². The molecular weight excluding hydrogens is 246 g/mol. The molecule has 0 aliphatic heterocycles. The maximum absolute atomic E-state index is 12.4. The molecule has 2 aromatic rings. The molecule has 0 radical (unpaired) electrons. The predicted octanol–water partition coefficient (Wildman–Crippen LogP) is 1.15. The molecule has 0 saturated carbocycles. The van der Waals surface area contributed by atoms with Crippen LogP contribution in [0.1, 0.15) is 10.5 Å². The second kappa shape index (κ2) is 5.34. The molecule has 1 aromatic heterocycles. The topological polar surface area (TPSA) is 75.4 Å². The Morgan fingerprint density at radius 1 is 1.32 bits per heavy atom. The van der Waals surface area contributed by atoms with E-state index in [9.17, 15) is 9.59 Å². The molecule has 0 fully saturated rings. The van der Waals surface area contributed by atoms with Gasteiger partial charge in [0, 0.05) is 12.7 Å². The SMILES string of the molecule is Cn1cncc1C(=O)N(CC(=O)O)c1ccccc1. The normalized spacial score (nSPS) is 10.2. The number of carbonyl (C=O) groups is 2. The van der Waals surface area contributed by atoms with Gasteiger partial charge in [0.2, 0.25) is 0 Å². The highest BCUT2D eigenvalue weighted by Crippen LogP contribution is 2.16. The number of amides is 1. The van der Waals surface area contributed by atoms with Crippen molar-refractivity contribution in [2.24, 2.45) is 7.05 Å². The number of hydrogen-bond acceptors (Lipinski definition) is 3. The van der Waals surface area contributed by atoms with Crippen molar-refractivity contribution in [3.05, 3.63) is 48.5 Å². The van der Waals surface area contributed by atoms with Crippen LogP contribution in [-0.4, -0.2) is 33.1 Å². The summed E-state index contributed by atoms with van der Waals surface area (Å²) in [6, 6.07) is 8.69. The third-order valence-electron chi connectivity index (χ3n) is 2.64. The number of para-hydroxylation sites is 1. The number of carboxylic acid groups (broad SMARTS) is 1. The fourth-order valence-electron chi connectivity index (χ4n) is 1.73. The average Bonchev–Trinajstić information content (AvgIpc) is 2.82. The lowest BCUT2D eigenvalue weighted by atomic mass is 10.2. The van der Waals surface area contributed by atoms with E-state index in [1.165, 1.54) is 17.4 Å². The number of benzene rings is 1. The van der Waals surface area contributed by atoms with Gasteiger partial charge in [-0.25, -0.2) is 4.98 Å². The Hall–Kier alpha value is -2.63. The number of imidazole rings is 1. The number of nitrogens with zero attached hydrogens (tertiary/aromatic N) is 3. The number of rotatable bonds is 4. The zero-order chi connectivity index (χ0) is 13.8. The van der Waals surface area contributed by atoms with Crippen molar-refractivity contribution in [1.29, 1.82) is 0 Å². The summed E-state index contributed by atoms with van der Waals surface area (Å²) in [6.07, 6.45) is 2.91. The van der Waals surface area contributed by atoms with E-state index in [-0.39, 0.29) is 0 Å². The minimum absolute atomic E-state index is 0.338. The average molecular weight is 259 g/mol. The number of aliphatic carboxylic acids is 1. The molecular formula is C13H13N3O3. The molecule has 98 valence electrons. The van der Waals surface area contributed by atoms with Crippen LogP contribution in [0.3, 0.4) is 0 Å². The largest absolute Gasteiger partial charge is 0.480 e. The second-order valence-electron chi connectivity index (χ2n) is 4.01. The maximum Gasteiger partial charge on any atom is 0.323 e. The second-order valence-corrected chi connectivity index (χ2v) is 4.01. The summed E-state index contributed by atoms with van der Waals surface area (Å²) in [5, 5.41) is 8.94. The molecule has 2 rings (SSSR count). The van der Waals surface area contributed by atoms with Gasteiger partial charge in [0.25, 0.3) is 5.91 Å². The Morgan fingerprint density at radius 2 is 2.00 bits per heavy atom. The lowest BCUT2D eigenvalue weighted by Crippen LogP contribution is -2.36. The number of hydrogen-bond donors (Lipinski definition) is 1. The van der Waals surface area contributed by atoms with Crippen molar-refractivity contribution in [2.45, 2.75) is 0 Å². The monoisotopic (exact) mass is 259 g/mol. The van der Waals surface area contributed by atoms with Gasteiger partial charge >= 0.3 is 5.97 Å². The first-order valence-corrected chi connectivity index (χ1v) is 5.64. The summed E-state index contributed by atoms with van der Waals surface area (Å²) in [4.78, 5) is 28.4. The Kier molecular flexibility index (Phi) is 3.61. The summed E-state index contributed by atoms with van der Waals surface area (Å²) in [7, 11) is 1.68. The quantitative estimate of drug-likeness (QED) is 0.893. The van der Waals surface area contributed by atoms with Crippen LogP contribution in [0.5, 0.6) is 0 Å². The van der Waals surface area contributed by atoms with Gasteiger partial charge in [-0.2, -0.15) is 0 Å². The van der Waals surface area contributed by atoms with Crippen LogP contribution >= 0.6 is 0 Å². The van der Waals surface area contributed by atoms with Crippen molar-refractivity contribution in [1.82, 2.24) is 9.55 Å². The predicted molar refractivity (Wildman–Crippen MR) is 69.0 cm³/mol. The highest BCUT2D eigenvalue weighted by Gasteiger charge is 2.22. The lowest BCUT2D eigenvalue weighted by molar-refractivity contribution is -0.135. The van der Waals surface area contributed by atoms with Crippen molar-refractivity contribution >= 4 is 17.6 Å². The van der Waals surface area contributed by atoms with Crippen LogP contribution in [0.4, 0.5) is 5.69 Å². The van der Waals surface area contributed by atoms with Crippen molar-refractivity contribution in [3.63, 3.8) is 0 Å². The highest BCUT2D eigenvalue weighted by atomic mass is 16.4. The van der Waals surface area contributed by atoms with E-state index in [1.807, 2.05) is 0 Å². The van der Waals surface area contributed by atoms with E-state index in [1.54, 1.807) is 41.9 Å². The third kappa shape index (κ3) is 2.79. The molecule has 0 unspecified atom stereocenters. The molecule has 19 heavy (non-hydrogen) atoms. The minimum Gasteiger partial charge on any atom is -0.480 e. The smallest absolute Gasteiger partial charge is 0.323 e. The third-order valence-corrected chi connectivity index (χ3v) is 2.64. The zero-order valence-corrected chi connectivity index (χ0v) is 10.4. The number of carboxylic acids is 1.